The fourth-order valence-corrected chi connectivity index (χ4v) is 3.13. The predicted octanol–water partition coefficient (Wildman–Crippen LogP) is 3.68. The van der Waals surface area contributed by atoms with E-state index >= 15 is 0 Å². The van der Waals surface area contributed by atoms with E-state index in [1.807, 2.05) is 17.5 Å². The number of carbonyl (C=O) groups excluding carboxylic acids is 1. The molecule has 1 amide bonds. The van der Waals surface area contributed by atoms with Gasteiger partial charge in [0.15, 0.2) is 0 Å². The quantitative estimate of drug-likeness (QED) is 0.798. The summed E-state index contributed by atoms with van der Waals surface area (Å²) < 4.78 is 0. The van der Waals surface area contributed by atoms with Crippen molar-refractivity contribution in [3.8, 4) is 0 Å². The third kappa shape index (κ3) is 3.32. The van der Waals surface area contributed by atoms with Crippen molar-refractivity contribution < 1.29 is 4.79 Å². The Kier molecular flexibility index (Phi) is 5.49. The van der Waals surface area contributed by atoms with E-state index in [1.54, 1.807) is 0 Å². The van der Waals surface area contributed by atoms with Gasteiger partial charge in [-0.3, -0.25) is 4.79 Å². The minimum atomic E-state index is 0.0437. The van der Waals surface area contributed by atoms with Crippen LogP contribution in [0, 0.1) is 5.41 Å². The van der Waals surface area contributed by atoms with E-state index in [-0.39, 0.29) is 11.3 Å². The molecule has 0 bridgehead atoms. The van der Waals surface area contributed by atoms with Gasteiger partial charge >= 0.3 is 0 Å². The maximum absolute atomic E-state index is 11.8. The molecule has 0 unspecified atom stereocenters. The van der Waals surface area contributed by atoms with Crippen LogP contribution in [0.4, 0.5) is 0 Å². The molecule has 16 heavy (non-hydrogen) atoms. The number of thiophene rings is 1. The van der Waals surface area contributed by atoms with Gasteiger partial charge in [0.1, 0.15) is 0 Å². The summed E-state index contributed by atoms with van der Waals surface area (Å²) in [5.41, 5.74) is 0.187. The molecule has 0 aliphatic carbocycles. The molecule has 0 atom stereocenters. The second-order valence-corrected chi connectivity index (χ2v) is 5.51. The second kappa shape index (κ2) is 6.40. The van der Waals surface area contributed by atoms with Gasteiger partial charge in [-0.2, -0.15) is 0 Å². The zero-order valence-electron chi connectivity index (χ0n) is 9.75. The number of halogens is 1. The highest BCUT2D eigenvalue weighted by molar-refractivity contribution is 9.09. The standard InChI is InChI=1S/C12H18BrNOS/c1-3-12(4-2,8-13)9-14-11(15)10-6-5-7-16-10/h5-7H,3-4,8-9H2,1-2H3,(H,14,15). The van der Waals surface area contributed by atoms with E-state index in [2.05, 4.69) is 35.1 Å². The summed E-state index contributed by atoms with van der Waals surface area (Å²) in [6, 6.07) is 3.75. The molecule has 1 rings (SSSR count). The fraction of sp³-hybridized carbons (Fsp3) is 0.583. The maximum atomic E-state index is 11.8. The van der Waals surface area contributed by atoms with Crippen LogP contribution >= 0.6 is 27.3 Å². The van der Waals surface area contributed by atoms with Crippen LogP contribution in [0.25, 0.3) is 0 Å². The molecule has 2 nitrogen and oxygen atoms in total. The Balaban J connectivity index is 2.53. The number of nitrogens with one attached hydrogen (secondary N) is 1. The van der Waals surface area contributed by atoms with Crippen LogP contribution in [0.5, 0.6) is 0 Å². The van der Waals surface area contributed by atoms with Crippen molar-refractivity contribution in [2.75, 3.05) is 11.9 Å². The number of alkyl halides is 1. The molecule has 1 aromatic rings. The highest BCUT2D eigenvalue weighted by atomic mass is 79.9. The molecule has 1 heterocycles. The van der Waals surface area contributed by atoms with Gasteiger partial charge in [-0.25, -0.2) is 0 Å². The van der Waals surface area contributed by atoms with E-state index in [4.69, 9.17) is 0 Å². The lowest BCUT2D eigenvalue weighted by Gasteiger charge is -2.29. The highest BCUT2D eigenvalue weighted by Crippen LogP contribution is 2.27. The summed E-state index contributed by atoms with van der Waals surface area (Å²) in [5.74, 6) is 0.0437. The lowest BCUT2D eigenvalue weighted by atomic mass is 9.84. The van der Waals surface area contributed by atoms with Crippen molar-refractivity contribution >= 4 is 33.2 Å². The van der Waals surface area contributed by atoms with Crippen LogP contribution in [-0.2, 0) is 0 Å². The van der Waals surface area contributed by atoms with E-state index < -0.39 is 0 Å². The van der Waals surface area contributed by atoms with Crippen LogP contribution in [0.1, 0.15) is 36.4 Å². The summed E-state index contributed by atoms with van der Waals surface area (Å²) >= 11 is 5.02. The Morgan fingerprint density at radius 1 is 1.50 bits per heavy atom. The fourth-order valence-electron chi connectivity index (χ4n) is 1.50. The first-order valence-corrected chi connectivity index (χ1v) is 7.55. The second-order valence-electron chi connectivity index (χ2n) is 4.00. The van der Waals surface area contributed by atoms with Crippen molar-refractivity contribution in [2.45, 2.75) is 26.7 Å². The third-order valence-corrected chi connectivity index (χ3v) is 5.21. The molecule has 0 aromatic carbocycles. The molecule has 0 radical (unpaired) electrons. The minimum absolute atomic E-state index is 0.0437. The van der Waals surface area contributed by atoms with Gasteiger partial charge in [-0.15, -0.1) is 11.3 Å². The Hall–Kier alpha value is -0.350. The lowest BCUT2D eigenvalue weighted by molar-refractivity contribution is 0.0936. The van der Waals surface area contributed by atoms with Gasteiger partial charge in [-0.05, 0) is 29.7 Å². The van der Waals surface area contributed by atoms with Crippen molar-refractivity contribution in [2.24, 2.45) is 5.41 Å². The van der Waals surface area contributed by atoms with Gasteiger partial charge in [-0.1, -0.05) is 35.8 Å². The number of hydrogen-bond acceptors (Lipinski definition) is 2. The topological polar surface area (TPSA) is 29.1 Å². The van der Waals surface area contributed by atoms with Crippen molar-refractivity contribution in [3.05, 3.63) is 22.4 Å². The molecule has 1 aromatic heterocycles. The van der Waals surface area contributed by atoms with Gasteiger partial charge in [0.2, 0.25) is 0 Å². The molecule has 0 fully saturated rings. The zero-order valence-corrected chi connectivity index (χ0v) is 12.2. The van der Waals surface area contributed by atoms with Crippen molar-refractivity contribution in [3.63, 3.8) is 0 Å². The minimum Gasteiger partial charge on any atom is -0.351 e. The number of amides is 1. The summed E-state index contributed by atoms with van der Waals surface area (Å²) in [6.07, 6.45) is 2.14. The molecular formula is C12H18BrNOS. The highest BCUT2D eigenvalue weighted by Gasteiger charge is 2.25. The first-order chi connectivity index (χ1) is 7.67. The monoisotopic (exact) mass is 303 g/mol. The Morgan fingerprint density at radius 3 is 2.62 bits per heavy atom. The summed E-state index contributed by atoms with van der Waals surface area (Å²) in [6.45, 7) is 5.08. The molecule has 90 valence electrons. The Morgan fingerprint density at radius 2 is 2.19 bits per heavy atom. The van der Waals surface area contributed by atoms with Gasteiger partial charge < -0.3 is 5.32 Å². The van der Waals surface area contributed by atoms with Crippen molar-refractivity contribution in [1.29, 1.82) is 0 Å². The normalized spacial score (nSPS) is 11.4. The van der Waals surface area contributed by atoms with Gasteiger partial charge in [0.05, 0.1) is 4.88 Å². The van der Waals surface area contributed by atoms with E-state index in [0.29, 0.717) is 0 Å². The summed E-state index contributed by atoms with van der Waals surface area (Å²) in [4.78, 5) is 12.6. The Bertz CT molecular complexity index is 312. The third-order valence-electron chi connectivity index (χ3n) is 3.15. The average molecular weight is 304 g/mol. The summed E-state index contributed by atoms with van der Waals surface area (Å²) in [5, 5.41) is 5.87. The molecular weight excluding hydrogens is 286 g/mol. The largest absolute Gasteiger partial charge is 0.351 e. The molecule has 0 spiro atoms. The van der Waals surface area contributed by atoms with E-state index in [9.17, 15) is 4.79 Å². The molecule has 1 N–H and O–H groups in total. The first-order valence-electron chi connectivity index (χ1n) is 5.55. The lowest BCUT2D eigenvalue weighted by Crippen LogP contribution is -2.37. The van der Waals surface area contributed by atoms with Gasteiger partial charge in [0, 0.05) is 11.9 Å². The zero-order chi connectivity index (χ0) is 12.0. The van der Waals surface area contributed by atoms with Crippen LogP contribution in [0.3, 0.4) is 0 Å². The average Bonchev–Trinajstić information content (AvgIpc) is 2.85. The first kappa shape index (κ1) is 13.7. The summed E-state index contributed by atoms with van der Waals surface area (Å²) in [7, 11) is 0. The maximum Gasteiger partial charge on any atom is 0.261 e. The van der Waals surface area contributed by atoms with Crippen molar-refractivity contribution in [1.82, 2.24) is 5.32 Å². The molecule has 0 saturated carbocycles. The molecule has 0 saturated heterocycles. The van der Waals surface area contributed by atoms with E-state index in [1.165, 1.54) is 11.3 Å². The SMILES string of the molecule is CCC(CC)(CBr)CNC(=O)c1cccs1. The van der Waals surface area contributed by atoms with Crippen LogP contribution in [0.2, 0.25) is 0 Å². The van der Waals surface area contributed by atoms with Gasteiger partial charge in [0.25, 0.3) is 5.91 Å². The molecule has 4 heteroatoms. The van der Waals surface area contributed by atoms with Crippen LogP contribution in [-0.4, -0.2) is 17.8 Å². The predicted molar refractivity (Wildman–Crippen MR) is 73.5 cm³/mol. The number of hydrogen-bond donors (Lipinski definition) is 1. The van der Waals surface area contributed by atoms with Crippen LogP contribution in [0.15, 0.2) is 17.5 Å². The van der Waals surface area contributed by atoms with E-state index in [0.717, 1.165) is 29.6 Å². The Labute approximate surface area is 110 Å². The smallest absolute Gasteiger partial charge is 0.261 e. The molecule has 0 aliphatic rings. The number of rotatable bonds is 6. The number of carbonyl (C=O) groups is 1. The molecule has 0 aliphatic heterocycles. The van der Waals surface area contributed by atoms with Crippen LogP contribution < -0.4 is 5.32 Å².